The van der Waals surface area contributed by atoms with Crippen molar-refractivity contribution in [3.8, 4) is 34.2 Å². The van der Waals surface area contributed by atoms with E-state index in [0.717, 1.165) is 67.1 Å². The molecule has 2 aromatic carbocycles. The van der Waals surface area contributed by atoms with E-state index in [9.17, 15) is 18.0 Å². The summed E-state index contributed by atoms with van der Waals surface area (Å²) < 4.78 is 55.7. The van der Waals surface area contributed by atoms with Crippen molar-refractivity contribution in [3.05, 3.63) is 77.9 Å². The van der Waals surface area contributed by atoms with Crippen molar-refractivity contribution in [1.29, 1.82) is 0 Å². The lowest BCUT2D eigenvalue weighted by atomic mass is 10.00. The smallest absolute Gasteiger partial charge is 0.416 e. The maximum atomic E-state index is 13.1. The number of nitrogens with one attached hydrogen (secondary N) is 1. The number of ether oxygens (including phenoxy) is 2. The van der Waals surface area contributed by atoms with Crippen LogP contribution < -0.4 is 9.47 Å². The standard InChI is InChI=1S/C32H31F3N6O4/c1-19(2)41-10-8-40(9-11-41)18-24-16-37-30(44-24)25-12-20(14-28-27(25)17-38-39-28)21-13-26(29(43-3)36-15-21)31(42)45-23-6-4-22(5-7-23)32(33,34)35/h4-7,12-17,19H,8-11,18H2,1-3H3,(H,38,39). The second kappa shape index (κ2) is 12.3. The average molecular weight is 621 g/mol. The van der Waals surface area contributed by atoms with Crippen molar-refractivity contribution in [2.75, 3.05) is 33.3 Å². The predicted molar refractivity (Wildman–Crippen MR) is 160 cm³/mol. The number of methoxy groups -OCH3 is 1. The summed E-state index contributed by atoms with van der Waals surface area (Å²) in [6.45, 7) is 8.98. The first-order chi connectivity index (χ1) is 21.6. The fourth-order valence-electron chi connectivity index (χ4n) is 5.35. The number of aromatic amines is 1. The molecule has 4 heterocycles. The van der Waals surface area contributed by atoms with Gasteiger partial charge in [-0.2, -0.15) is 18.3 Å². The highest BCUT2D eigenvalue weighted by atomic mass is 19.4. The molecule has 0 saturated carbocycles. The Morgan fingerprint density at radius 1 is 1.00 bits per heavy atom. The molecule has 1 aliphatic heterocycles. The average Bonchev–Trinajstić information content (AvgIpc) is 3.70. The molecule has 5 aromatic rings. The molecule has 0 spiro atoms. The van der Waals surface area contributed by atoms with Gasteiger partial charge in [-0.15, -0.1) is 0 Å². The number of carbonyl (C=O) groups excluding carboxylic acids is 1. The van der Waals surface area contributed by atoms with E-state index in [1.807, 2.05) is 12.1 Å². The Hall–Kier alpha value is -4.75. The minimum absolute atomic E-state index is 0.00266. The third-order valence-electron chi connectivity index (χ3n) is 7.85. The molecule has 1 N–H and O–H groups in total. The number of hydrogen-bond acceptors (Lipinski definition) is 9. The van der Waals surface area contributed by atoms with Crippen LogP contribution in [-0.2, 0) is 12.7 Å². The van der Waals surface area contributed by atoms with Crippen LogP contribution in [0.25, 0.3) is 33.5 Å². The molecule has 0 atom stereocenters. The van der Waals surface area contributed by atoms with E-state index < -0.39 is 17.7 Å². The Morgan fingerprint density at radius 3 is 2.44 bits per heavy atom. The van der Waals surface area contributed by atoms with Gasteiger partial charge < -0.3 is 13.9 Å². The van der Waals surface area contributed by atoms with Gasteiger partial charge in [0.15, 0.2) is 0 Å². The van der Waals surface area contributed by atoms with Crippen LogP contribution in [0.15, 0.2) is 65.5 Å². The fraction of sp³-hybridized carbons (Fsp3) is 0.312. The molecule has 0 unspecified atom stereocenters. The van der Waals surface area contributed by atoms with Gasteiger partial charge in [-0.25, -0.2) is 14.8 Å². The van der Waals surface area contributed by atoms with Gasteiger partial charge in [0.1, 0.15) is 17.1 Å². The summed E-state index contributed by atoms with van der Waals surface area (Å²) in [7, 11) is 1.36. The van der Waals surface area contributed by atoms with Crippen LogP contribution in [-0.4, -0.2) is 75.3 Å². The maximum absolute atomic E-state index is 13.1. The molecular formula is C32H31F3N6O4. The number of aromatic nitrogens is 4. The highest BCUT2D eigenvalue weighted by Crippen LogP contribution is 2.35. The summed E-state index contributed by atoms with van der Waals surface area (Å²) in [5, 5.41) is 7.99. The Bertz CT molecular complexity index is 1810. The van der Waals surface area contributed by atoms with E-state index in [4.69, 9.17) is 13.9 Å². The van der Waals surface area contributed by atoms with Crippen LogP contribution in [0.3, 0.4) is 0 Å². The molecule has 0 amide bonds. The molecule has 10 nitrogen and oxygen atoms in total. The number of piperazine rings is 1. The van der Waals surface area contributed by atoms with Crippen molar-refractivity contribution >= 4 is 16.9 Å². The first-order valence-electron chi connectivity index (χ1n) is 14.4. The molecule has 45 heavy (non-hydrogen) atoms. The maximum Gasteiger partial charge on any atom is 0.416 e. The number of carbonyl (C=O) groups is 1. The summed E-state index contributed by atoms with van der Waals surface area (Å²) in [6.07, 6.45) is 0.483. The lowest BCUT2D eigenvalue weighted by molar-refractivity contribution is -0.137. The molecule has 1 saturated heterocycles. The van der Waals surface area contributed by atoms with Gasteiger partial charge in [0.2, 0.25) is 11.8 Å². The van der Waals surface area contributed by atoms with Crippen LogP contribution in [0.5, 0.6) is 11.6 Å². The molecule has 234 valence electrons. The molecule has 6 rings (SSSR count). The van der Waals surface area contributed by atoms with Gasteiger partial charge in [-0.3, -0.25) is 14.9 Å². The normalized spacial score (nSPS) is 14.7. The van der Waals surface area contributed by atoms with Gasteiger partial charge in [-0.1, -0.05) is 0 Å². The Balaban J connectivity index is 1.26. The SMILES string of the molecule is COc1ncc(-c2cc(-c3ncc(CN4CCN(C(C)C)CC4)o3)c3cn[nH]c3c2)cc1C(=O)Oc1ccc(C(F)(F)F)cc1. The lowest BCUT2D eigenvalue weighted by Gasteiger charge is -2.36. The molecule has 1 aliphatic rings. The minimum atomic E-state index is -4.51. The van der Waals surface area contributed by atoms with Crippen LogP contribution in [0.2, 0.25) is 0 Å². The Kier molecular flexibility index (Phi) is 8.30. The molecule has 3 aromatic heterocycles. The van der Waals surface area contributed by atoms with Crippen LogP contribution in [0.4, 0.5) is 13.2 Å². The van der Waals surface area contributed by atoms with Crippen LogP contribution in [0, 0.1) is 0 Å². The number of nitrogens with zero attached hydrogens (tertiary/aromatic N) is 5. The number of hydrogen-bond donors (Lipinski definition) is 1. The van der Waals surface area contributed by atoms with E-state index in [0.29, 0.717) is 35.2 Å². The number of rotatable bonds is 8. The zero-order chi connectivity index (χ0) is 31.7. The molecule has 1 fully saturated rings. The van der Waals surface area contributed by atoms with Crippen molar-refractivity contribution in [2.45, 2.75) is 32.6 Å². The van der Waals surface area contributed by atoms with Crippen molar-refractivity contribution in [3.63, 3.8) is 0 Å². The molecule has 13 heteroatoms. The summed E-state index contributed by atoms with van der Waals surface area (Å²) in [6, 6.07) is 9.67. The van der Waals surface area contributed by atoms with Crippen molar-refractivity contribution in [1.82, 2.24) is 30.0 Å². The third kappa shape index (κ3) is 6.54. The van der Waals surface area contributed by atoms with Crippen LogP contribution >= 0.6 is 0 Å². The number of benzene rings is 2. The van der Waals surface area contributed by atoms with Crippen LogP contribution in [0.1, 0.15) is 35.5 Å². The van der Waals surface area contributed by atoms with E-state index in [1.54, 1.807) is 24.7 Å². The largest absolute Gasteiger partial charge is 0.480 e. The Morgan fingerprint density at radius 2 is 1.76 bits per heavy atom. The van der Waals surface area contributed by atoms with Gasteiger partial charge in [-0.05, 0) is 61.9 Å². The zero-order valence-electron chi connectivity index (χ0n) is 24.9. The van der Waals surface area contributed by atoms with Crippen molar-refractivity contribution < 1.29 is 31.9 Å². The summed E-state index contributed by atoms with van der Waals surface area (Å²) in [5.74, 6) is 0.301. The Labute approximate surface area is 256 Å². The second-order valence-electron chi connectivity index (χ2n) is 11.1. The second-order valence-corrected chi connectivity index (χ2v) is 11.1. The first kappa shape index (κ1) is 30.3. The number of esters is 1. The monoisotopic (exact) mass is 620 g/mol. The molecule has 0 bridgehead atoms. The van der Waals surface area contributed by atoms with Gasteiger partial charge >= 0.3 is 12.1 Å². The van der Waals surface area contributed by atoms with E-state index in [2.05, 4.69) is 43.8 Å². The number of fused-ring (bicyclic) bond motifs is 1. The highest BCUT2D eigenvalue weighted by molar-refractivity contribution is 5.98. The lowest BCUT2D eigenvalue weighted by Crippen LogP contribution is -2.48. The van der Waals surface area contributed by atoms with Crippen molar-refractivity contribution in [2.24, 2.45) is 0 Å². The van der Waals surface area contributed by atoms with Gasteiger partial charge in [0.25, 0.3) is 0 Å². The van der Waals surface area contributed by atoms with E-state index >= 15 is 0 Å². The van der Waals surface area contributed by atoms with E-state index in [1.165, 1.54) is 7.11 Å². The molecule has 0 radical (unpaired) electrons. The number of pyridine rings is 1. The van der Waals surface area contributed by atoms with Gasteiger partial charge in [0.05, 0.1) is 37.1 Å². The quantitative estimate of drug-likeness (QED) is 0.164. The molecule has 0 aliphatic carbocycles. The zero-order valence-corrected chi connectivity index (χ0v) is 24.9. The number of H-pyrrole nitrogens is 1. The highest BCUT2D eigenvalue weighted by Gasteiger charge is 2.30. The summed E-state index contributed by atoms with van der Waals surface area (Å²) >= 11 is 0. The minimum Gasteiger partial charge on any atom is -0.480 e. The first-order valence-corrected chi connectivity index (χ1v) is 14.4. The molecular weight excluding hydrogens is 589 g/mol. The number of halogens is 3. The number of alkyl halides is 3. The van der Waals surface area contributed by atoms with Gasteiger partial charge in [0, 0.05) is 54.9 Å². The third-order valence-corrected chi connectivity index (χ3v) is 7.85. The summed E-state index contributed by atoms with van der Waals surface area (Å²) in [5.41, 5.74) is 1.81. The van der Waals surface area contributed by atoms with E-state index in [-0.39, 0.29) is 17.2 Å². The topological polar surface area (TPSA) is 110 Å². The summed E-state index contributed by atoms with van der Waals surface area (Å²) in [4.78, 5) is 26.8. The fourth-order valence-corrected chi connectivity index (χ4v) is 5.35. The predicted octanol–water partition coefficient (Wildman–Crippen LogP) is 6.05. The number of oxazole rings is 1.